The van der Waals surface area contributed by atoms with Crippen LogP contribution in [-0.2, 0) is 11.4 Å². The summed E-state index contributed by atoms with van der Waals surface area (Å²) < 4.78 is 22.8. The monoisotopic (exact) mass is 270 g/mol. The first kappa shape index (κ1) is 16.0. The Morgan fingerprint density at radius 3 is 1.33 bits per heavy atom. The van der Waals surface area contributed by atoms with Gasteiger partial charge in [0.2, 0.25) is 0 Å². The molecule has 0 saturated carbocycles. The second-order valence-corrected chi connectivity index (χ2v) is 1.09. The maximum Gasteiger partial charge on any atom is 0.309 e. The number of hydrogen-bond acceptors (Lipinski definition) is 2. The van der Waals surface area contributed by atoms with Gasteiger partial charge in [0.05, 0.1) is 0 Å². The van der Waals surface area contributed by atoms with Crippen LogP contribution in [0, 0.1) is 0 Å². The fourth-order valence-electron chi connectivity index (χ4n) is 0. The average molecular weight is 270 g/mol. The van der Waals surface area contributed by atoms with Crippen LogP contribution in [-0.4, -0.2) is 19.3 Å². The number of halogens is 1. The van der Waals surface area contributed by atoms with Crippen LogP contribution in [0.15, 0.2) is 0 Å². The molecule has 6 N–H and O–H groups in total. The lowest BCUT2D eigenvalue weighted by atomic mass is 11.2. The van der Waals surface area contributed by atoms with E-state index in [2.05, 4.69) is 11.5 Å². The highest BCUT2D eigenvalue weighted by molar-refractivity contribution is 14.0. The van der Waals surface area contributed by atoms with Crippen LogP contribution in [0.3, 0.4) is 0 Å². The van der Waals surface area contributed by atoms with E-state index in [4.69, 9.17) is 18.1 Å². The van der Waals surface area contributed by atoms with Gasteiger partial charge in [-0.2, -0.15) is 4.21 Å². The van der Waals surface area contributed by atoms with Gasteiger partial charge in [0.1, 0.15) is 0 Å². The number of hydrogen-bond donors (Lipinski definition) is 4. The molecule has 0 heterocycles. The Morgan fingerprint density at radius 1 is 1.33 bits per heavy atom. The number of rotatable bonds is 0. The highest BCUT2D eigenvalue weighted by atomic mass is 127. The van der Waals surface area contributed by atoms with Gasteiger partial charge in [0.25, 0.3) is 11.4 Å². The minimum absolute atomic E-state index is 0. The molecule has 0 saturated heterocycles. The third-order valence-electron chi connectivity index (χ3n) is 0. The number of nitrogens with two attached hydrogens (primary N) is 2. The van der Waals surface area contributed by atoms with E-state index >= 15 is 0 Å². The molecule has 0 radical (unpaired) electrons. The zero-order valence-corrected chi connectivity index (χ0v) is 7.33. The van der Waals surface area contributed by atoms with Crippen molar-refractivity contribution >= 4 is 41.4 Å². The average Bonchev–Trinajstić information content (AvgIpc) is 1.25. The molecule has 0 bridgehead atoms. The number of urea groups is 1. The summed E-state index contributed by atoms with van der Waals surface area (Å²) in [5.74, 6) is 0. The topological polar surface area (TPSA) is 127 Å². The molecule has 58 valence electrons. The highest BCUT2D eigenvalue weighted by Gasteiger charge is 1.62. The Morgan fingerprint density at radius 2 is 1.33 bits per heavy atom. The van der Waals surface area contributed by atoms with Crippen molar-refractivity contribution in [3.8, 4) is 0 Å². The predicted molar refractivity (Wildman–Crippen MR) is 42.6 cm³/mol. The number of carbonyl (C=O) groups is 1. The summed E-state index contributed by atoms with van der Waals surface area (Å²) in [7, 11) is 0. The largest absolute Gasteiger partial charge is 0.352 e. The standard InChI is InChI=1S/CH4N2O.HI.H2O3S/c2-1(3)4;;1-4(2)3/h(H4,2,3,4);1H;(H2,1,2,3). The van der Waals surface area contributed by atoms with Crippen molar-refractivity contribution in [3.63, 3.8) is 0 Å². The quantitative estimate of drug-likeness (QED) is 0.343. The van der Waals surface area contributed by atoms with E-state index in [1.165, 1.54) is 0 Å². The second-order valence-electron chi connectivity index (χ2n) is 0.633. The van der Waals surface area contributed by atoms with Crippen LogP contribution in [0.4, 0.5) is 4.79 Å². The van der Waals surface area contributed by atoms with Gasteiger partial charge >= 0.3 is 6.03 Å². The molecule has 9 heavy (non-hydrogen) atoms. The van der Waals surface area contributed by atoms with Gasteiger partial charge in [-0.25, -0.2) is 4.79 Å². The molecule has 0 fully saturated rings. The summed E-state index contributed by atoms with van der Waals surface area (Å²) >= 11 is -2.61. The third-order valence-corrected chi connectivity index (χ3v) is 0. The molecule has 2 amide bonds. The lowest BCUT2D eigenvalue weighted by Gasteiger charge is -1.62. The molecule has 0 unspecified atom stereocenters. The fourth-order valence-corrected chi connectivity index (χ4v) is 0. The van der Waals surface area contributed by atoms with E-state index in [9.17, 15) is 0 Å². The van der Waals surface area contributed by atoms with Crippen molar-refractivity contribution in [1.82, 2.24) is 0 Å². The Kier molecular flexibility index (Phi) is 19.5. The van der Waals surface area contributed by atoms with Crippen molar-refractivity contribution in [2.24, 2.45) is 11.5 Å². The van der Waals surface area contributed by atoms with Gasteiger partial charge < -0.3 is 11.5 Å². The molecule has 0 aliphatic carbocycles. The van der Waals surface area contributed by atoms with Gasteiger partial charge in [0.15, 0.2) is 0 Å². The van der Waals surface area contributed by atoms with E-state index in [1.54, 1.807) is 0 Å². The smallest absolute Gasteiger partial charge is 0.309 e. The van der Waals surface area contributed by atoms with E-state index in [1.807, 2.05) is 0 Å². The Labute approximate surface area is 71.1 Å². The van der Waals surface area contributed by atoms with E-state index in [0.29, 0.717) is 0 Å². The fraction of sp³-hybridized carbons (Fsp3) is 0. The zero-order valence-electron chi connectivity index (χ0n) is 4.18. The summed E-state index contributed by atoms with van der Waals surface area (Å²) in [5, 5.41) is 0. The zero-order chi connectivity index (χ0) is 7.15. The molecule has 0 spiro atoms. The molecule has 0 aliphatic heterocycles. The molecule has 0 aromatic rings. The van der Waals surface area contributed by atoms with Crippen LogP contribution >= 0.6 is 24.0 Å². The van der Waals surface area contributed by atoms with Gasteiger partial charge in [-0.3, -0.25) is 9.11 Å². The second kappa shape index (κ2) is 10.9. The normalized spacial score (nSPS) is 6.56. The Hall–Kier alpha value is 0.0700. The van der Waals surface area contributed by atoms with E-state index in [0.717, 1.165) is 0 Å². The summed E-state index contributed by atoms with van der Waals surface area (Å²) in [6.07, 6.45) is 0. The summed E-state index contributed by atoms with van der Waals surface area (Å²) in [6.45, 7) is 0. The number of carbonyl (C=O) groups excluding carboxylic acids is 1. The van der Waals surface area contributed by atoms with Crippen LogP contribution in [0.5, 0.6) is 0 Å². The SMILES string of the molecule is I.NC(N)=O.O=S(O)O. The summed E-state index contributed by atoms with van der Waals surface area (Å²) in [4.78, 5) is 9.00. The maximum absolute atomic E-state index is 9.00. The van der Waals surface area contributed by atoms with Gasteiger partial charge in [-0.15, -0.1) is 24.0 Å². The van der Waals surface area contributed by atoms with Crippen LogP contribution < -0.4 is 11.5 Å². The van der Waals surface area contributed by atoms with Crippen LogP contribution in [0.25, 0.3) is 0 Å². The molecule has 6 nitrogen and oxygen atoms in total. The first-order valence-corrected chi connectivity index (χ1v) is 2.38. The van der Waals surface area contributed by atoms with Crippen LogP contribution in [0.2, 0.25) is 0 Å². The minimum atomic E-state index is -2.61. The molecule has 0 rings (SSSR count). The summed E-state index contributed by atoms with van der Waals surface area (Å²) in [5.41, 5.74) is 8.50. The molecule has 0 atom stereocenters. The van der Waals surface area contributed by atoms with Crippen molar-refractivity contribution in [2.45, 2.75) is 0 Å². The lowest BCUT2D eigenvalue weighted by Crippen LogP contribution is -2.18. The number of primary amides is 2. The summed E-state index contributed by atoms with van der Waals surface area (Å²) in [6, 6.07) is -0.833. The van der Waals surface area contributed by atoms with Gasteiger partial charge in [-0.1, -0.05) is 0 Å². The molecular weight excluding hydrogens is 263 g/mol. The molecule has 0 aromatic heterocycles. The lowest BCUT2D eigenvalue weighted by molar-refractivity contribution is 0.256. The van der Waals surface area contributed by atoms with Crippen molar-refractivity contribution < 1.29 is 18.1 Å². The van der Waals surface area contributed by atoms with E-state index in [-0.39, 0.29) is 24.0 Å². The first-order valence-electron chi connectivity index (χ1n) is 1.31. The third kappa shape index (κ3) is 60700. The van der Waals surface area contributed by atoms with Crippen LogP contribution in [0.1, 0.15) is 0 Å². The highest BCUT2D eigenvalue weighted by Crippen LogP contribution is 1.44. The van der Waals surface area contributed by atoms with E-state index < -0.39 is 17.4 Å². The molecule has 8 heteroatoms. The predicted octanol–water partition coefficient (Wildman–Crippen LogP) is -0.677. The Bertz CT molecular complexity index is 76.6. The number of amides is 2. The van der Waals surface area contributed by atoms with Crippen molar-refractivity contribution in [3.05, 3.63) is 0 Å². The van der Waals surface area contributed by atoms with Gasteiger partial charge in [0, 0.05) is 0 Å². The Balaban J connectivity index is -0.0000000720. The molecular formula is CH7IN2O4S. The first-order chi connectivity index (χ1) is 3.46. The molecule has 0 aromatic carbocycles. The van der Waals surface area contributed by atoms with Crippen molar-refractivity contribution in [1.29, 1.82) is 0 Å². The maximum atomic E-state index is 9.00. The van der Waals surface area contributed by atoms with Gasteiger partial charge in [-0.05, 0) is 0 Å². The van der Waals surface area contributed by atoms with Crippen molar-refractivity contribution in [2.75, 3.05) is 0 Å². The minimum Gasteiger partial charge on any atom is -0.352 e. The molecule has 0 aliphatic rings.